The number of rotatable bonds is 3. The van der Waals surface area contributed by atoms with E-state index < -0.39 is 6.10 Å². The van der Waals surface area contributed by atoms with Gasteiger partial charge in [-0.1, -0.05) is 29.3 Å². The molecule has 2 N–H and O–H groups in total. The molecule has 0 aliphatic rings. The number of carbonyl (C=O) groups is 1. The first-order valence-electron chi connectivity index (χ1n) is 4.42. The van der Waals surface area contributed by atoms with Gasteiger partial charge in [0, 0.05) is 6.54 Å². The summed E-state index contributed by atoms with van der Waals surface area (Å²) in [7, 11) is 0. The molecule has 0 saturated carbocycles. The van der Waals surface area contributed by atoms with E-state index in [9.17, 15) is 4.79 Å². The van der Waals surface area contributed by atoms with E-state index >= 15 is 0 Å². The predicted molar refractivity (Wildman–Crippen MR) is 60.5 cm³/mol. The van der Waals surface area contributed by atoms with E-state index in [1.807, 2.05) is 0 Å². The molecule has 0 aromatic heterocycles. The molecule has 1 aromatic rings. The summed E-state index contributed by atoms with van der Waals surface area (Å²) in [6.45, 7) is 1.77. The minimum atomic E-state index is -0.591. The Kier molecular flexibility index (Phi) is 4.39. The maximum absolute atomic E-state index is 11.6. The molecular formula is C10H11Cl2NO2. The van der Waals surface area contributed by atoms with E-state index in [1.54, 1.807) is 25.1 Å². The van der Waals surface area contributed by atoms with Crippen molar-refractivity contribution >= 4 is 29.1 Å². The molecule has 3 nitrogen and oxygen atoms in total. The Hall–Kier alpha value is -0.770. The van der Waals surface area contributed by atoms with E-state index in [0.29, 0.717) is 10.6 Å². The van der Waals surface area contributed by atoms with Gasteiger partial charge in [-0.3, -0.25) is 4.79 Å². The number of carbonyl (C=O) groups excluding carboxylic acids is 1. The molecule has 0 bridgehead atoms. The van der Waals surface area contributed by atoms with Crippen molar-refractivity contribution in [2.75, 3.05) is 6.54 Å². The van der Waals surface area contributed by atoms with Gasteiger partial charge in [0.15, 0.2) is 0 Å². The van der Waals surface area contributed by atoms with Crippen molar-refractivity contribution < 1.29 is 9.90 Å². The number of aliphatic hydroxyl groups is 1. The largest absolute Gasteiger partial charge is 0.392 e. The van der Waals surface area contributed by atoms with E-state index in [-0.39, 0.29) is 17.5 Å². The third-order valence-corrected chi connectivity index (χ3v) is 2.57. The number of halogens is 2. The zero-order chi connectivity index (χ0) is 11.4. The monoisotopic (exact) mass is 247 g/mol. The van der Waals surface area contributed by atoms with E-state index in [2.05, 4.69) is 5.32 Å². The summed E-state index contributed by atoms with van der Waals surface area (Å²) in [5.41, 5.74) is 0.310. The van der Waals surface area contributed by atoms with Crippen LogP contribution in [0.3, 0.4) is 0 Å². The van der Waals surface area contributed by atoms with E-state index in [0.717, 1.165) is 0 Å². The van der Waals surface area contributed by atoms with Gasteiger partial charge < -0.3 is 10.4 Å². The minimum Gasteiger partial charge on any atom is -0.392 e. The van der Waals surface area contributed by atoms with Crippen molar-refractivity contribution in [3.63, 3.8) is 0 Å². The third kappa shape index (κ3) is 3.38. The molecule has 0 spiro atoms. The average molecular weight is 248 g/mol. The van der Waals surface area contributed by atoms with Crippen LogP contribution in [0.1, 0.15) is 17.3 Å². The van der Waals surface area contributed by atoms with Gasteiger partial charge in [-0.05, 0) is 19.1 Å². The fourth-order valence-electron chi connectivity index (χ4n) is 1.01. The summed E-state index contributed by atoms with van der Waals surface area (Å²) >= 11 is 11.6. The molecule has 15 heavy (non-hydrogen) atoms. The smallest absolute Gasteiger partial charge is 0.252 e. The fourth-order valence-corrected chi connectivity index (χ4v) is 1.40. The van der Waals surface area contributed by atoms with Crippen LogP contribution in [0.4, 0.5) is 0 Å². The van der Waals surface area contributed by atoms with Crippen molar-refractivity contribution in [2.45, 2.75) is 13.0 Å². The second kappa shape index (κ2) is 5.35. The zero-order valence-electron chi connectivity index (χ0n) is 8.13. The molecule has 0 aliphatic carbocycles. The lowest BCUT2D eigenvalue weighted by Gasteiger charge is -2.08. The molecule has 5 heteroatoms. The van der Waals surface area contributed by atoms with E-state index in [1.165, 1.54) is 0 Å². The van der Waals surface area contributed by atoms with Crippen LogP contribution >= 0.6 is 23.2 Å². The normalized spacial score (nSPS) is 12.3. The minimum absolute atomic E-state index is 0.182. The van der Waals surface area contributed by atoms with Gasteiger partial charge in [0.25, 0.3) is 5.91 Å². The van der Waals surface area contributed by atoms with Gasteiger partial charge in [0.2, 0.25) is 0 Å². The van der Waals surface area contributed by atoms with Gasteiger partial charge in [-0.15, -0.1) is 0 Å². The molecule has 82 valence electrons. The van der Waals surface area contributed by atoms with Gasteiger partial charge in [-0.25, -0.2) is 0 Å². The lowest BCUT2D eigenvalue weighted by Crippen LogP contribution is -2.30. The number of amides is 1. The number of hydrogen-bond donors (Lipinski definition) is 2. The summed E-state index contributed by atoms with van der Waals surface area (Å²) < 4.78 is 0. The highest BCUT2D eigenvalue weighted by Gasteiger charge is 2.12. The second-order valence-electron chi connectivity index (χ2n) is 3.16. The number of benzene rings is 1. The molecule has 0 fully saturated rings. The SMILES string of the molecule is C[C@@H](O)CNC(=O)c1cccc(Cl)c1Cl. The molecule has 1 amide bonds. The maximum Gasteiger partial charge on any atom is 0.252 e. The second-order valence-corrected chi connectivity index (χ2v) is 3.95. The van der Waals surface area contributed by atoms with Crippen LogP contribution in [0.15, 0.2) is 18.2 Å². The number of aliphatic hydroxyl groups excluding tert-OH is 1. The predicted octanol–water partition coefficient (Wildman–Crippen LogP) is 2.10. The van der Waals surface area contributed by atoms with Crippen LogP contribution in [-0.2, 0) is 0 Å². The zero-order valence-corrected chi connectivity index (χ0v) is 9.64. The van der Waals surface area contributed by atoms with Crippen molar-refractivity contribution in [2.24, 2.45) is 0 Å². The summed E-state index contributed by atoms with van der Waals surface area (Å²) in [5, 5.41) is 12.1. The fraction of sp³-hybridized carbons (Fsp3) is 0.300. The van der Waals surface area contributed by atoms with Crippen molar-refractivity contribution in [1.82, 2.24) is 5.32 Å². The first-order valence-corrected chi connectivity index (χ1v) is 5.18. The number of nitrogens with one attached hydrogen (secondary N) is 1. The highest BCUT2D eigenvalue weighted by Crippen LogP contribution is 2.25. The topological polar surface area (TPSA) is 49.3 Å². The molecule has 1 rings (SSSR count). The average Bonchev–Trinajstić information content (AvgIpc) is 2.18. The van der Waals surface area contributed by atoms with Crippen LogP contribution in [-0.4, -0.2) is 23.7 Å². The first kappa shape index (κ1) is 12.3. The summed E-state index contributed by atoms with van der Waals surface area (Å²) in [5.74, 6) is -0.344. The maximum atomic E-state index is 11.6. The summed E-state index contributed by atoms with van der Waals surface area (Å²) in [6, 6.07) is 4.83. The van der Waals surface area contributed by atoms with Crippen LogP contribution in [0.5, 0.6) is 0 Å². The highest BCUT2D eigenvalue weighted by atomic mass is 35.5. The van der Waals surface area contributed by atoms with Crippen LogP contribution in [0.2, 0.25) is 10.0 Å². The molecular weight excluding hydrogens is 237 g/mol. The van der Waals surface area contributed by atoms with Gasteiger partial charge >= 0.3 is 0 Å². The first-order chi connectivity index (χ1) is 7.02. The summed E-state index contributed by atoms with van der Waals surface area (Å²) in [4.78, 5) is 11.6. The van der Waals surface area contributed by atoms with Gasteiger partial charge in [0.05, 0.1) is 21.7 Å². The van der Waals surface area contributed by atoms with Gasteiger partial charge in [-0.2, -0.15) is 0 Å². The Bertz CT molecular complexity index is 366. The Morgan fingerprint density at radius 1 is 1.53 bits per heavy atom. The lowest BCUT2D eigenvalue weighted by atomic mass is 10.2. The molecule has 0 aliphatic heterocycles. The third-order valence-electron chi connectivity index (χ3n) is 1.75. The molecule has 1 atom stereocenters. The molecule has 0 heterocycles. The quantitative estimate of drug-likeness (QED) is 0.860. The Labute approximate surface area is 98.0 Å². The molecule has 1 aromatic carbocycles. The molecule has 0 unspecified atom stereocenters. The molecule has 0 radical (unpaired) electrons. The van der Waals surface area contributed by atoms with Crippen molar-refractivity contribution in [3.05, 3.63) is 33.8 Å². The van der Waals surface area contributed by atoms with Gasteiger partial charge in [0.1, 0.15) is 0 Å². The van der Waals surface area contributed by atoms with Crippen molar-refractivity contribution in [3.8, 4) is 0 Å². The Morgan fingerprint density at radius 3 is 2.80 bits per heavy atom. The van der Waals surface area contributed by atoms with Crippen molar-refractivity contribution in [1.29, 1.82) is 0 Å². The highest BCUT2D eigenvalue weighted by molar-refractivity contribution is 6.43. The number of hydrogen-bond acceptors (Lipinski definition) is 2. The Balaban J connectivity index is 2.78. The summed E-state index contributed by atoms with van der Waals surface area (Å²) in [6.07, 6.45) is -0.591. The van der Waals surface area contributed by atoms with Crippen LogP contribution < -0.4 is 5.32 Å². The molecule has 0 saturated heterocycles. The van der Waals surface area contributed by atoms with Crippen LogP contribution in [0, 0.1) is 0 Å². The standard InChI is InChI=1S/C10H11Cl2NO2/c1-6(14)5-13-10(15)7-3-2-4-8(11)9(7)12/h2-4,6,14H,5H2,1H3,(H,13,15)/t6-/m1/s1. The van der Waals surface area contributed by atoms with Crippen LogP contribution in [0.25, 0.3) is 0 Å². The Morgan fingerprint density at radius 2 is 2.20 bits per heavy atom. The lowest BCUT2D eigenvalue weighted by molar-refractivity contribution is 0.0924. The van der Waals surface area contributed by atoms with E-state index in [4.69, 9.17) is 28.3 Å².